The highest BCUT2D eigenvalue weighted by atomic mass is 35.5. The first-order valence-electron chi connectivity index (χ1n) is 6.34. The Morgan fingerprint density at radius 1 is 1.43 bits per heavy atom. The lowest BCUT2D eigenvalue weighted by Gasteiger charge is -2.00. The number of non-ortho nitro benzene ring substituents is 1. The molecule has 0 aliphatic carbocycles. The Balaban J connectivity index is 2.37. The van der Waals surface area contributed by atoms with E-state index in [4.69, 9.17) is 21.3 Å². The molecular weight excluding hydrogens is 322 g/mol. The van der Waals surface area contributed by atoms with Crippen LogP contribution in [0.1, 0.15) is 5.76 Å². The number of nitro benzene ring substituents is 1. The van der Waals surface area contributed by atoms with E-state index in [9.17, 15) is 14.9 Å². The number of rotatable bonds is 4. The summed E-state index contributed by atoms with van der Waals surface area (Å²) in [6.45, 7) is 0. The average Bonchev–Trinajstić information content (AvgIpc) is 2.99. The molecule has 0 atom stereocenters. The van der Waals surface area contributed by atoms with Crippen LogP contribution in [-0.4, -0.2) is 17.9 Å². The molecule has 7 nitrogen and oxygen atoms in total. The molecule has 1 amide bonds. The second kappa shape index (κ2) is 6.77. The van der Waals surface area contributed by atoms with E-state index >= 15 is 0 Å². The number of furan rings is 1. The number of benzene rings is 1. The van der Waals surface area contributed by atoms with Gasteiger partial charge in [-0.15, -0.1) is 0 Å². The average molecular weight is 332 g/mol. The fourth-order valence-electron chi connectivity index (χ4n) is 1.82. The number of carbonyl (C=O) groups is 1. The van der Waals surface area contributed by atoms with E-state index in [0.717, 1.165) is 0 Å². The van der Waals surface area contributed by atoms with Gasteiger partial charge in [-0.25, -0.2) is 0 Å². The van der Waals surface area contributed by atoms with Crippen molar-refractivity contribution >= 4 is 29.3 Å². The first-order chi connectivity index (χ1) is 11.0. The van der Waals surface area contributed by atoms with Gasteiger partial charge in [0.05, 0.1) is 9.95 Å². The van der Waals surface area contributed by atoms with Gasteiger partial charge in [0, 0.05) is 30.8 Å². The number of carbonyl (C=O) groups excluding carboxylic acids is 1. The normalized spacial score (nSPS) is 10.9. The van der Waals surface area contributed by atoms with Gasteiger partial charge in [0.1, 0.15) is 23.2 Å². The highest BCUT2D eigenvalue weighted by Gasteiger charge is 2.14. The van der Waals surface area contributed by atoms with Crippen molar-refractivity contribution in [2.45, 2.75) is 0 Å². The third-order valence-corrected chi connectivity index (χ3v) is 3.25. The van der Waals surface area contributed by atoms with Crippen LogP contribution in [0.3, 0.4) is 0 Å². The molecule has 2 rings (SSSR count). The predicted octanol–water partition coefficient (Wildman–Crippen LogP) is 3.16. The lowest BCUT2D eigenvalue weighted by atomic mass is 10.1. The van der Waals surface area contributed by atoms with Crippen LogP contribution in [0, 0.1) is 21.4 Å². The Labute approximate surface area is 135 Å². The fourth-order valence-corrected chi connectivity index (χ4v) is 2.09. The Hall–Kier alpha value is -3.11. The first kappa shape index (κ1) is 16.3. The van der Waals surface area contributed by atoms with Crippen molar-refractivity contribution in [3.63, 3.8) is 0 Å². The summed E-state index contributed by atoms with van der Waals surface area (Å²) in [5, 5.41) is 22.1. The molecule has 0 radical (unpaired) electrons. The topological polar surface area (TPSA) is 109 Å². The number of nitrogens with one attached hydrogen (secondary N) is 1. The summed E-state index contributed by atoms with van der Waals surface area (Å²) in [7, 11) is 1.41. The van der Waals surface area contributed by atoms with Crippen molar-refractivity contribution in [1.29, 1.82) is 5.26 Å². The molecule has 0 bridgehead atoms. The molecule has 116 valence electrons. The van der Waals surface area contributed by atoms with Crippen molar-refractivity contribution in [1.82, 2.24) is 5.32 Å². The monoisotopic (exact) mass is 331 g/mol. The smallest absolute Gasteiger partial charge is 0.270 e. The molecule has 1 aromatic carbocycles. The Morgan fingerprint density at radius 3 is 2.74 bits per heavy atom. The summed E-state index contributed by atoms with van der Waals surface area (Å²) >= 11 is 6.03. The standard InChI is InChI=1S/C15H10ClN3O4/c1-18-15(20)9(8-17)6-11-3-5-14(23-11)12-4-2-10(19(21)22)7-13(12)16/h2-7H,1H3,(H,18,20)/b9-6+. The molecule has 0 fully saturated rings. The maximum Gasteiger partial charge on any atom is 0.270 e. The minimum absolute atomic E-state index is 0.108. The van der Waals surface area contributed by atoms with Crippen molar-refractivity contribution in [3.8, 4) is 17.4 Å². The third kappa shape index (κ3) is 3.56. The van der Waals surface area contributed by atoms with Gasteiger partial charge in [-0.1, -0.05) is 11.6 Å². The van der Waals surface area contributed by atoms with Crippen LogP contribution in [0.4, 0.5) is 5.69 Å². The Kier molecular flexibility index (Phi) is 4.79. The van der Waals surface area contributed by atoms with Crippen LogP contribution >= 0.6 is 11.6 Å². The number of hydrogen-bond donors (Lipinski definition) is 1. The number of hydrogen-bond acceptors (Lipinski definition) is 5. The molecule has 0 unspecified atom stereocenters. The summed E-state index contributed by atoms with van der Waals surface area (Å²) in [5.41, 5.74) is 0.232. The van der Waals surface area contributed by atoms with Crippen molar-refractivity contribution < 1.29 is 14.1 Å². The largest absolute Gasteiger partial charge is 0.457 e. The number of likely N-dealkylation sites (N-methyl/N-ethyl adjacent to an activating group) is 1. The maximum absolute atomic E-state index is 11.5. The second-order valence-electron chi connectivity index (χ2n) is 4.37. The molecule has 2 aromatic rings. The molecule has 23 heavy (non-hydrogen) atoms. The van der Waals surface area contributed by atoms with E-state index in [-0.39, 0.29) is 22.0 Å². The number of nitrogens with zero attached hydrogens (tertiary/aromatic N) is 2. The molecule has 0 aliphatic rings. The lowest BCUT2D eigenvalue weighted by Crippen LogP contribution is -2.18. The molecular formula is C15H10ClN3O4. The van der Waals surface area contributed by atoms with Crippen LogP contribution in [-0.2, 0) is 4.79 Å². The summed E-state index contributed by atoms with van der Waals surface area (Å²) < 4.78 is 5.52. The fraction of sp³-hybridized carbons (Fsp3) is 0.0667. The summed E-state index contributed by atoms with van der Waals surface area (Å²) in [4.78, 5) is 21.6. The third-order valence-electron chi connectivity index (χ3n) is 2.93. The van der Waals surface area contributed by atoms with Gasteiger partial charge in [-0.05, 0) is 18.2 Å². The van der Waals surface area contributed by atoms with Crippen molar-refractivity contribution in [2.24, 2.45) is 0 Å². The quantitative estimate of drug-likeness (QED) is 0.400. The molecule has 0 saturated carbocycles. The van der Waals surface area contributed by atoms with E-state index in [1.165, 1.54) is 31.3 Å². The molecule has 1 N–H and O–H groups in total. The van der Waals surface area contributed by atoms with E-state index in [0.29, 0.717) is 11.3 Å². The van der Waals surface area contributed by atoms with E-state index < -0.39 is 10.8 Å². The zero-order chi connectivity index (χ0) is 17.0. The van der Waals surface area contributed by atoms with E-state index in [1.807, 2.05) is 0 Å². The Bertz CT molecular complexity index is 849. The Morgan fingerprint density at radius 2 is 2.17 bits per heavy atom. The van der Waals surface area contributed by atoms with Crippen molar-refractivity contribution in [2.75, 3.05) is 7.05 Å². The zero-order valence-electron chi connectivity index (χ0n) is 11.9. The summed E-state index contributed by atoms with van der Waals surface area (Å²) in [6.07, 6.45) is 1.29. The van der Waals surface area contributed by atoms with Gasteiger partial charge in [-0.2, -0.15) is 5.26 Å². The number of nitriles is 1. The van der Waals surface area contributed by atoms with Gasteiger partial charge in [0.15, 0.2) is 0 Å². The second-order valence-corrected chi connectivity index (χ2v) is 4.78. The molecule has 1 aromatic heterocycles. The van der Waals surface area contributed by atoms with Gasteiger partial charge >= 0.3 is 0 Å². The lowest BCUT2D eigenvalue weighted by molar-refractivity contribution is -0.384. The summed E-state index contributed by atoms with van der Waals surface area (Å²) in [5.74, 6) is 0.124. The van der Waals surface area contributed by atoms with Gasteiger partial charge in [-0.3, -0.25) is 14.9 Å². The first-order valence-corrected chi connectivity index (χ1v) is 6.72. The summed E-state index contributed by atoms with van der Waals surface area (Å²) in [6, 6.07) is 8.93. The SMILES string of the molecule is CNC(=O)/C(C#N)=C/c1ccc(-c2ccc([N+](=O)[O-])cc2Cl)o1. The van der Waals surface area contributed by atoms with E-state index in [1.54, 1.807) is 18.2 Å². The van der Waals surface area contributed by atoms with E-state index in [2.05, 4.69) is 5.32 Å². The minimum atomic E-state index is -0.547. The molecule has 0 spiro atoms. The van der Waals surface area contributed by atoms with Crippen LogP contribution in [0.25, 0.3) is 17.4 Å². The molecule has 0 aliphatic heterocycles. The highest BCUT2D eigenvalue weighted by Crippen LogP contribution is 2.32. The van der Waals surface area contributed by atoms with Crippen LogP contribution in [0.5, 0.6) is 0 Å². The van der Waals surface area contributed by atoms with Crippen LogP contribution < -0.4 is 5.32 Å². The highest BCUT2D eigenvalue weighted by molar-refractivity contribution is 6.33. The molecule has 0 saturated heterocycles. The molecule has 8 heteroatoms. The maximum atomic E-state index is 11.5. The van der Waals surface area contributed by atoms with Gasteiger partial charge < -0.3 is 9.73 Å². The number of amides is 1. The predicted molar refractivity (Wildman–Crippen MR) is 83.5 cm³/mol. The van der Waals surface area contributed by atoms with Crippen LogP contribution in [0.2, 0.25) is 5.02 Å². The number of halogens is 1. The van der Waals surface area contributed by atoms with Crippen LogP contribution in [0.15, 0.2) is 40.3 Å². The van der Waals surface area contributed by atoms with Gasteiger partial charge in [0.2, 0.25) is 0 Å². The minimum Gasteiger partial charge on any atom is -0.457 e. The zero-order valence-corrected chi connectivity index (χ0v) is 12.6. The van der Waals surface area contributed by atoms with Crippen molar-refractivity contribution in [3.05, 3.63) is 56.8 Å². The van der Waals surface area contributed by atoms with Gasteiger partial charge in [0.25, 0.3) is 11.6 Å². The molecule has 1 heterocycles. The number of nitro groups is 1.